The molecule has 1 atom stereocenters. The van der Waals surface area contributed by atoms with Crippen LogP contribution in [-0.2, 0) is 25.6 Å². The average molecular weight is 615 g/mol. The highest BCUT2D eigenvalue weighted by atomic mass is 19.1. The van der Waals surface area contributed by atoms with Gasteiger partial charge in [-0.25, -0.2) is 4.39 Å². The lowest BCUT2D eigenvalue weighted by Crippen LogP contribution is -2.45. The number of likely N-dealkylation sites (tertiary alicyclic amines) is 1. The van der Waals surface area contributed by atoms with Gasteiger partial charge >= 0.3 is 0 Å². The summed E-state index contributed by atoms with van der Waals surface area (Å²) in [5.41, 5.74) is 2.57. The van der Waals surface area contributed by atoms with Gasteiger partial charge in [-0.05, 0) is 63.8 Å². The first kappa shape index (κ1) is 40.5. The molecule has 1 fully saturated rings. The summed E-state index contributed by atoms with van der Waals surface area (Å²) in [4.78, 5) is 27.4. The lowest BCUT2D eigenvalue weighted by atomic mass is 10.0. The molecule has 2 aromatic rings. The molecule has 0 radical (unpaired) electrons. The van der Waals surface area contributed by atoms with Crippen LogP contribution >= 0.6 is 0 Å². The highest BCUT2D eigenvalue weighted by molar-refractivity contribution is 5.87. The minimum Gasteiger partial charge on any atom is -0.493 e. The van der Waals surface area contributed by atoms with Crippen molar-refractivity contribution in [3.05, 3.63) is 78.7 Å². The van der Waals surface area contributed by atoms with Crippen LogP contribution in [0, 0.1) is 5.82 Å². The molecule has 1 N–H and O–H groups in total. The summed E-state index contributed by atoms with van der Waals surface area (Å²) in [6.07, 6.45) is 6.48. The summed E-state index contributed by atoms with van der Waals surface area (Å²) < 4.78 is 30.4. The SMILES string of the molecule is C=C/C=C\C.CC.CC.CCOc1cc(F)ccc1-c1ccc(CNC(=O)C[C@@H](OC(C)(C)OC)C(=O)N2CCCC2)cc1. The van der Waals surface area contributed by atoms with Gasteiger partial charge < -0.3 is 24.4 Å². The normalized spacial score (nSPS) is 12.9. The van der Waals surface area contributed by atoms with Gasteiger partial charge in [-0.15, -0.1) is 0 Å². The Balaban J connectivity index is 0.00000183. The molecule has 3 rings (SSSR count). The Hall–Kier alpha value is -3.49. The van der Waals surface area contributed by atoms with E-state index in [2.05, 4.69) is 11.9 Å². The Morgan fingerprint density at radius 3 is 2.18 bits per heavy atom. The van der Waals surface area contributed by atoms with E-state index in [1.807, 2.05) is 78.0 Å². The van der Waals surface area contributed by atoms with Gasteiger partial charge in [-0.1, -0.05) is 76.8 Å². The number of ether oxygens (including phenoxy) is 3. The smallest absolute Gasteiger partial charge is 0.252 e. The predicted octanol–water partition coefficient (Wildman–Crippen LogP) is 8.09. The largest absolute Gasteiger partial charge is 0.493 e. The van der Waals surface area contributed by atoms with Crippen LogP contribution in [0.4, 0.5) is 4.39 Å². The van der Waals surface area contributed by atoms with Crippen molar-refractivity contribution < 1.29 is 28.2 Å². The molecule has 2 aromatic carbocycles. The first-order chi connectivity index (χ1) is 21.1. The molecule has 0 spiro atoms. The van der Waals surface area contributed by atoms with E-state index in [0.29, 0.717) is 32.0 Å². The van der Waals surface area contributed by atoms with Gasteiger partial charge in [0.25, 0.3) is 5.91 Å². The molecule has 8 heteroatoms. The molecule has 1 heterocycles. The molecule has 0 saturated carbocycles. The number of allylic oxidation sites excluding steroid dienone is 3. The molecule has 0 unspecified atom stereocenters. The lowest BCUT2D eigenvalue weighted by molar-refractivity contribution is -0.226. The van der Waals surface area contributed by atoms with Crippen LogP contribution < -0.4 is 10.1 Å². The zero-order chi connectivity index (χ0) is 33.5. The molecular formula is C36H55FN2O5. The van der Waals surface area contributed by atoms with Crippen LogP contribution in [0.2, 0.25) is 0 Å². The number of amides is 2. The molecule has 2 amide bonds. The topological polar surface area (TPSA) is 77.1 Å². The van der Waals surface area contributed by atoms with Gasteiger partial charge in [0, 0.05) is 38.4 Å². The fourth-order valence-corrected chi connectivity index (χ4v) is 4.10. The molecule has 7 nitrogen and oxygen atoms in total. The zero-order valence-electron chi connectivity index (χ0n) is 28.4. The number of benzene rings is 2. The van der Waals surface area contributed by atoms with Crippen LogP contribution in [-0.4, -0.2) is 55.4 Å². The Labute approximate surface area is 265 Å². The summed E-state index contributed by atoms with van der Waals surface area (Å²) in [6.45, 7) is 20.8. The Bertz CT molecular complexity index is 1130. The van der Waals surface area contributed by atoms with Crippen LogP contribution in [0.1, 0.15) is 80.2 Å². The quantitative estimate of drug-likeness (QED) is 0.193. The van der Waals surface area contributed by atoms with Gasteiger partial charge in [-0.2, -0.15) is 0 Å². The second kappa shape index (κ2) is 23.0. The fraction of sp³-hybridized carbons (Fsp3) is 0.500. The van der Waals surface area contributed by atoms with Gasteiger partial charge in [-0.3, -0.25) is 9.59 Å². The van der Waals surface area contributed by atoms with E-state index < -0.39 is 11.9 Å². The van der Waals surface area contributed by atoms with Crippen molar-refractivity contribution in [2.24, 2.45) is 0 Å². The summed E-state index contributed by atoms with van der Waals surface area (Å²) in [5, 5.41) is 2.87. The highest BCUT2D eigenvalue weighted by Crippen LogP contribution is 2.31. The van der Waals surface area contributed by atoms with Gasteiger partial charge in [0.05, 0.1) is 13.0 Å². The highest BCUT2D eigenvalue weighted by Gasteiger charge is 2.34. The van der Waals surface area contributed by atoms with E-state index in [-0.39, 0.29) is 24.1 Å². The standard InChI is InChI=1S/C27H35FN2O5.C5H8.2C2H6/c1-5-34-23-16-21(28)12-13-22(23)20-10-8-19(9-11-20)18-29-25(31)17-24(35-27(2,3)33-4)26(32)30-14-6-7-15-30;1-3-5-4-2;2*1-2/h8-13,16,24H,5-7,14-15,17-18H2,1-4H3,(H,29,31);3-5H,1H2,2H3;2*1-2H3/b;5-4-;;/t24-;;;/m1.../s1. The molecule has 0 aliphatic carbocycles. The summed E-state index contributed by atoms with van der Waals surface area (Å²) in [6, 6.07) is 12.1. The zero-order valence-corrected chi connectivity index (χ0v) is 28.4. The van der Waals surface area contributed by atoms with Crippen molar-refractivity contribution in [2.45, 2.75) is 93.1 Å². The van der Waals surface area contributed by atoms with E-state index in [4.69, 9.17) is 14.2 Å². The van der Waals surface area contributed by atoms with Crippen molar-refractivity contribution in [3.63, 3.8) is 0 Å². The van der Waals surface area contributed by atoms with Gasteiger partial charge in [0.15, 0.2) is 5.79 Å². The molecule has 44 heavy (non-hydrogen) atoms. The van der Waals surface area contributed by atoms with E-state index >= 15 is 0 Å². The van der Waals surface area contributed by atoms with Crippen LogP contribution in [0.25, 0.3) is 11.1 Å². The molecule has 1 saturated heterocycles. The maximum Gasteiger partial charge on any atom is 0.252 e. The van der Waals surface area contributed by atoms with E-state index in [1.54, 1.807) is 30.9 Å². The van der Waals surface area contributed by atoms with E-state index in [1.165, 1.54) is 19.2 Å². The second-order valence-electron chi connectivity index (χ2n) is 9.76. The number of rotatable bonds is 12. The summed E-state index contributed by atoms with van der Waals surface area (Å²) in [5.74, 6) is -1.32. The maximum absolute atomic E-state index is 13.6. The molecule has 0 aromatic heterocycles. The minimum absolute atomic E-state index is 0.0898. The van der Waals surface area contributed by atoms with E-state index in [0.717, 1.165) is 29.5 Å². The number of nitrogens with zero attached hydrogens (tertiary/aromatic N) is 1. The fourth-order valence-electron chi connectivity index (χ4n) is 4.10. The van der Waals surface area contributed by atoms with Crippen LogP contribution in [0.5, 0.6) is 5.75 Å². The monoisotopic (exact) mass is 614 g/mol. The Morgan fingerprint density at radius 2 is 1.68 bits per heavy atom. The molecule has 0 bridgehead atoms. The third-order valence-corrected chi connectivity index (χ3v) is 6.31. The van der Waals surface area contributed by atoms with Crippen molar-refractivity contribution in [2.75, 3.05) is 26.8 Å². The number of carbonyl (C=O) groups is 2. The number of halogens is 1. The second-order valence-corrected chi connectivity index (χ2v) is 9.76. The maximum atomic E-state index is 13.6. The number of methoxy groups -OCH3 is 1. The Morgan fingerprint density at radius 1 is 1.07 bits per heavy atom. The number of carbonyl (C=O) groups excluding carboxylic acids is 2. The minimum atomic E-state index is -0.989. The third-order valence-electron chi connectivity index (χ3n) is 6.31. The van der Waals surface area contributed by atoms with Crippen molar-refractivity contribution >= 4 is 11.8 Å². The first-order valence-electron chi connectivity index (χ1n) is 15.7. The van der Waals surface area contributed by atoms with Crippen molar-refractivity contribution in [3.8, 4) is 16.9 Å². The molecule has 246 valence electrons. The number of hydrogen-bond acceptors (Lipinski definition) is 5. The van der Waals surface area contributed by atoms with Crippen molar-refractivity contribution in [1.82, 2.24) is 10.2 Å². The van der Waals surface area contributed by atoms with Crippen molar-refractivity contribution in [1.29, 1.82) is 0 Å². The first-order valence-corrected chi connectivity index (χ1v) is 15.7. The molecular weight excluding hydrogens is 559 g/mol. The van der Waals surface area contributed by atoms with Crippen LogP contribution in [0.3, 0.4) is 0 Å². The van der Waals surface area contributed by atoms with Gasteiger partial charge in [0.1, 0.15) is 17.7 Å². The van der Waals surface area contributed by atoms with Gasteiger partial charge in [0.2, 0.25) is 5.91 Å². The Kier molecular flexibility index (Phi) is 21.1. The summed E-state index contributed by atoms with van der Waals surface area (Å²) >= 11 is 0. The lowest BCUT2D eigenvalue weighted by Gasteiger charge is -2.31. The van der Waals surface area contributed by atoms with E-state index in [9.17, 15) is 14.0 Å². The number of hydrogen-bond donors (Lipinski definition) is 1. The summed E-state index contributed by atoms with van der Waals surface area (Å²) in [7, 11) is 1.50. The number of nitrogens with one attached hydrogen (secondary N) is 1. The predicted molar refractivity (Wildman–Crippen MR) is 179 cm³/mol. The third kappa shape index (κ3) is 14.8. The molecule has 1 aliphatic rings. The van der Waals surface area contributed by atoms with Crippen LogP contribution in [0.15, 0.2) is 67.3 Å². The molecule has 1 aliphatic heterocycles. The average Bonchev–Trinajstić information content (AvgIpc) is 3.58.